The Morgan fingerprint density at radius 2 is 1.85 bits per heavy atom. The smallest absolute Gasteiger partial charge is 0.0135 e. The summed E-state index contributed by atoms with van der Waals surface area (Å²) in [6.07, 6.45) is 7.30. The van der Waals surface area contributed by atoms with Crippen LogP contribution in [0.4, 0.5) is 0 Å². The molecule has 0 fully saturated rings. The lowest BCUT2D eigenvalue weighted by Gasteiger charge is -2.26. The fourth-order valence-corrected chi connectivity index (χ4v) is 1.70. The highest BCUT2D eigenvalue weighted by Crippen LogP contribution is 2.33. The summed E-state index contributed by atoms with van der Waals surface area (Å²) in [4.78, 5) is 0. The first kappa shape index (κ1) is 10.6. The Bertz CT molecular complexity index is 233. The molecule has 0 aromatic heterocycles. The molecule has 13 heavy (non-hydrogen) atoms. The predicted octanol–water partition coefficient (Wildman–Crippen LogP) is 4.34. The minimum atomic E-state index is 0.320. The molecule has 0 aromatic carbocycles. The third-order valence-corrected chi connectivity index (χ3v) is 2.75. The molecular weight excluding hydrogens is 156 g/mol. The Balaban J connectivity index is 2.85. The van der Waals surface area contributed by atoms with Crippen LogP contribution in [-0.2, 0) is 0 Å². The molecule has 0 saturated heterocycles. The molecule has 74 valence electrons. The van der Waals surface area contributed by atoms with Crippen LogP contribution in [0.3, 0.4) is 0 Å². The van der Waals surface area contributed by atoms with Crippen molar-refractivity contribution in [1.82, 2.24) is 0 Å². The maximum atomic E-state index is 2.41. The van der Waals surface area contributed by atoms with Gasteiger partial charge < -0.3 is 0 Å². The first-order chi connectivity index (χ1) is 5.91. The molecule has 1 aliphatic carbocycles. The number of allylic oxidation sites excluding steroid dienone is 4. The van der Waals surface area contributed by atoms with Gasteiger partial charge in [0.05, 0.1) is 0 Å². The average molecular weight is 178 g/mol. The van der Waals surface area contributed by atoms with Gasteiger partial charge in [-0.3, -0.25) is 0 Å². The summed E-state index contributed by atoms with van der Waals surface area (Å²) < 4.78 is 0. The maximum absolute atomic E-state index is 2.41. The van der Waals surface area contributed by atoms with E-state index in [2.05, 4.69) is 46.8 Å². The van der Waals surface area contributed by atoms with Gasteiger partial charge in [0.15, 0.2) is 0 Å². The molecule has 0 radical (unpaired) electrons. The fraction of sp³-hybridized carbons (Fsp3) is 0.692. The van der Waals surface area contributed by atoms with E-state index in [0.717, 1.165) is 0 Å². The van der Waals surface area contributed by atoms with Gasteiger partial charge in [-0.05, 0) is 29.7 Å². The normalized spacial score (nSPS) is 18.6. The molecule has 0 N–H and O–H groups in total. The van der Waals surface area contributed by atoms with Crippen LogP contribution in [0.15, 0.2) is 23.3 Å². The van der Waals surface area contributed by atoms with E-state index in [1.54, 1.807) is 5.57 Å². The van der Waals surface area contributed by atoms with Crippen molar-refractivity contribution in [3.8, 4) is 0 Å². The lowest BCUT2D eigenvalue weighted by molar-refractivity contribution is 0.507. The molecule has 0 saturated carbocycles. The van der Waals surface area contributed by atoms with Crippen molar-refractivity contribution in [2.24, 2.45) is 11.3 Å². The number of hydrogen-bond acceptors (Lipinski definition) is 0. The summed E-state index contributed by atoms with van der Waals surface area (Å²) in [5.41, 5.74) is 3.45. The van der Waals surface area contributed by atoms with Gasteiger partial charge in [0.25, 0.3) is 0 Å². The van der Waals surface area contributed by atoms with E-state index < -0.39 is 0 Å². The van der Waals surface area contributed by atoms with Crippen LogP contribution in [0.5, 0.6) is 0 Å². The molecule has 0 heteroatoms. The molecule has 1 rings (SSSR count). The fourth-order valence-electron chi connectivity index (χ4n) is 1.70. The molecular formula is C13H22. The largest absolute Gasteiger partial charge is 0.0805 e. The standard InChI is InChI=1S/C13H22/c1-10(2)11-7-6-8-12(9-11)13(3,4)5/h8-10H,6-7H2,1-5H3. The molecule has 1 aliphatic rings. The number of rotatable bonds is 1. The van der Waals surface area contributed by atoms with E-state index in [9.17, 15) is 0 Å². The van der Waals surface area contributed by atoms with Crippen molar-refractivity contribution in [3.63, 3.8) is 0 Å². The Morgan fingerprint density at radius 3 is 2.31 bits per heavy atom. The molecule has 0 spiro atoms. The molecule has 0 bridgehead atoms. The van der Waals surface area contributed by atoms with Crippen LogP contribution in [0, 0.1) is 11.3 Å². The average Bonchev–Trinajstić information content (AvgIpc) is 2.03. The Morgan fingerprint density at radius 1 is 1.23 bits per heavy atom. The van der Waals surface area contributed by atoms with Gasteiger partial charge in [0, 0.05) is 0 Å². The van der Waals surface area contributed by atoms with Crippen molar-refractivity contribution in [2.75, 3.05) is 0 Å². The van der Waals surface area contributed by atoms with E-state index in [1.165, 1.54) is 18.4 Å². The zero-order valence-corrected chi connectivity index (χ0v) is 9.65. The van der Waals surface area contributed by atoms with E-state index in [-0.39, 0.29) is 0 Å². The molecule has 0 unspecified atom stereocenters. The Kier molecular flexibility index (Phi) is 3.00. The first-order valence-electron chi connectivity index (χ1n) is 5.32. The summed E-state index contributed by atoms with van der Waals surface area (Å²) in [5.74, 6) is 0.714. The van der Waals surface area contributed by atoms with Crippen LogP contribution < -0.4 is 0 Å². The topological polar surface area (TPSA) is 0 Å². The lowest BCUT2D eigenvalue weighted by atomic mass is 9.80. The van der Waals surface area contributed by atoms with Gasteiger partial charge in [-0.1, -0.05) is 52.3 Å². The Hall–Kier alpha value is -0.520. The third-order valence-electron chi connectivity index (χ3n) is 2.75. The minimum Gasteiger partial charge on any atom is -0.0805 e. The van der Waals surface area contributed by atoms with E-state index in [0.29, 0.717) is 11.3 Å². The van der Waals surface area contributed by atoms with Gasteiger partial charge in [0.2, 0.25) is 0 Å². The van der Waals surface area contributed by atoms with E-state index in [4.69, 9.17) is 0 Å². The van der Waals surface area contributed by atoms with Gasteiger partial charge in [-0.15, -0.1) is 0 Å². The highest BCUT2D eigenvalue weighted by molar-refractivity contribution is 5.32. The third kappa shape index (κ3) is 2.72. The van der Waals surface area contributed by atoms with Crippen LogP contribution in [0.25, 0.3) is 0 Å². The van der Waals surface area contributed by atoms with Gasteiger partial charge in [0.1, 0.15) is 0 Å². The second-order valence-corrected chi connectivity index (χ2v) is 5.32. The monoisotopic (exact) mass is 178 g/mol. The summed E-state index contributed by atoms with van der Waals surface area (Å²) in [6.45, 7) is 11.4. The van der Waals surface area contributed by atoms with E-state index in [1.807, 2.05) is 0 Å². The van der Waals surface area contributed by atoms with Crippen molar-refractivity contribution >= 4 is 0 Å². The first-order valence-corrected chi connectivity index (χ1v) is 5.32. The minimum absolute atomic E-state index is 0.320. The quantitative estimate of drug-likeness (QED) is 0.560. The van der Waals surface area contributed by atoms with Crippen LogP contribution >= 0.6 is 0 Å². The van der Waals surface area contributed by atoms with Crippen LogP contribution in [0.2, 0.25) is 0 Å². The molecule has 0 heterocycles. The zero-order valence-electron chi connectivity index (χ0n) is 9.65. The van der Waals surface area contributed by atoms with Gasteiger partial charge >= 0.3 is 0 Å². The SMILES string of the molecule is CC(C)C1=CC(C(C)(C)C)=CCC1. The highest BCUT2D eigenvalue weighted by atomic mass is 14.2. The summed E-state index contributed by atoms with van der Waals surface area (Å²) in [6, 6.07) is 0. The van der Waals surface area contributed by atoms with E-state index >= 15 is 0 Å². The van der Waals surface area contributed by atoms with Crippen molar-refractivity contribution in [2.45, 2.75) is 47.5 Å². The maximum Gasteiger partial charge on any atom is -0.0135 e. The molecule has 0 nitrogen and oxygen atoms in total. The second kappa shape index (κ2) is 3.69. The predicted molar refractivity (Wildman–Crippen MR) is 59.7 cm³/mol. The highest BCUT2D eigenvalue weighted by Gasteiger charge is 2.18. The lowest BCUT2D eigenvalue weighted by Crippen LogP contribution is -2.11. The summed E-state index contributed by atoms with van der Waals surface area (Å²) in [7, 11) is 0. The van der Waals surface area contributed by atoms with Crippen molar-refractivity contribution in [3.05, 3.63) is 23.3 Å². The molecule has 0 amide bonds. The second-order valence-electron chi connectivity index (χ2n) is 5.32. The summed E-state index contributed by atoms with van der Waals surface area (Å²) >= 11 is 0. The molecule has 0 aromatic rings. The van der Waals surface area contributed by atoms with Crippen molar-refractivity contribution < 1.29 is 0 Å². The summed E-state index contributed by atoms with van der Waals surface area (Å²) in [5, 5.41) is 0. The molecule has 0 aliphatic heterocycles. The van der Waals surface area contributed by atoms with Gasteiger partial charge in [-0.25, -0.2) is 0 Å². The Labute approximate surface area is 82.7 Å². The van der Waals surface area contributed by atoms with Crippen molar-refractivity contribution in [1.29, 1.82) is 0 Å². The van der Waals surface area contributed by atoms with Crippen LogP contribution in [0.1, 0.15) is 47.5 Å². The number of hydrogen-bond donors (Lipinski definition) is 0. The van der Waals surface area contributed by atoms with Gasteiger partial charge in [-0.2, -0.15) is 0 Å². The molecule has 0 atom stereocenters. The zero-order chi connectivity index (χ0) is 10.1. The van der Waals surface area contributed by atoms with Crippen LogP contribution in [-0.4, -0.2) is 0 Å².